The van der Waals surface area contributed by atoms with E-state index >= 15 is 0 Å². The molecule has 7 heteroatoms. The summed E-state index contributed by atoms with van der Waals surface area (Å²) in [6, 6.07) is 28.6. The number of hydrogen-bond donors (Lipinski definition) is 3. The van der Waals surface area contributed by atoms with Crippen molar-refractivity contribution in [3.8, 4) is 28.3 Å². The van der Waals surface area contributed by atoms with Crippen LogP contribution < -0.4 is 11.1 Å². The summed E-state index contributed by atoms with van der Waals surface area (Å²) < 4.78 is 0. The fraction of sp³-hybridized carbons (Fsp3) is 0.0417. The van der Waals surface area contributed by atoms with E-state index in [0.717, 1.165) is 28.1 Å². The van der Waals surface area contributed by atoms with E-state index in [4.69, 9.17) is 5.73 Å². The van der Waals surface area contributed by atoms with Crippen LogP contribution in [0.5, 0.6) is 5.75 Å². The molecule has 1 heterocycles. The zero-order chi connectivity index (χ0) is 20.8. The van der Waals surface area contributed by atoms with Crippen molar-refractivity contribution < 1.29 is 5.11 Å². The Hall–Kier alpha value is -3.90. The van der Waals surface area contributed by atoms with E-state index in [0.29, 0.717) is 6.54 Å². The first-order chi connectivity index (χ1) is 14.7. The minimum absolute atomic E-state index is 0. The van der Waals surface area contributed by atoms with E-state index in [1.54, 1.807) is 12.1 Å². The molecule has 0 radical (unpaired) electrons. The minimum Gasteiger partial charge on any atom is -0.508 e. The van der Waals surface area contributed by atoms with E-state index in [9.17, 15) is 5.11 Å². The maximum absolute atomic E-state index is 9.38. The van der Waals surface area contributed by atoms with Crippen LogP contribution in [-0.2, 0) is 6.54 Å². The summed E-state index contributed by atoms with van der Waals surface area (Å²) in [4.78, 5) is 13.5. The van der Waals surface area contributed by atoms with Crippen molar-refractivity contribution >= 4 is 24.3 Å². The van der Waals surface area contributed by atoms with Gasteiger partial charge in [-0.25, -0.2) is 9.97 Å². The van der Waals surface area contributed by atoms with Crippen molar-refractivity contribution in [2.24, 2.45) is 10.7 Å². The summed E-state index contributed by atoms with van der Waals surface area (Å²) in [6.45, 7) is 0.472. The van der Waals surface area contributed by atoms with Gasteiger partial charge in [-0.3, -0.25) is 0 Å². The smallest absolute Gasteiger partial charge is 0.253 e. The predicted octanol–water partition coefficient (Wildman–Crippen LogP) is 4.67. The Morgan fingerprint density at radius 1 is 0.806 bits per heavy atom. The molecule has 0 aliphatic heterocycles. The second-order valence-corrected chi connectivity index (χ2v) is 6.69. The van der Waals surface area contributed by atoms with Gasteiger partial charge in [0.25, 0.3) is 5.95 Å². The number of aromatic hydroxyl groups is 1. The summed E-state index contributed by atoms with van der Waals surface area (Å²) in [5, 5.41) is 12.4. The molecule has 0 aliphatic carbocycles. The Morgan fingerprint density at radius 2 is 1.32 bits per heavy atom. The highest BCUT2D eigenvalue weighted by molar-refractivity contribution is 5.85. The number of aliphatic imine (C=N–C) groups is 1. The third-order valence-corrected chi connectivity index (χ3v) is 4.48. The maximum atomic E-state index is 9.38. The molecule has 31 heavy (non-hydrogen) atoms. The van der Waals surface area contributed by atoms with Gasteiger partial charge in [0.1, 0.15) is 5.75 Å². The zero-order valence-electron chi connectivity index (χ0n) is 16.6. The van der Waals surface area contributed by atoms with Crippen molar-refractivity contribution in [3.63, 3.8) is 0 Å². The van der Waals surface area contributed by atoms with E-state index in [1.807, 2.05) is 78.9 Å². The van der Waals surface area contributed by atoms with E-state index in [2.05, 4.69) is 20.3 Å². The number of nitrogens with one attached hydrogen (secondary N) is 1. The normalized spacial score (nSPS) is 10.9. The second kappa shape index (κ2) is 10.2. The number of rotatable bonds is 5. The number of hydrogen-bond acceptors (Lipinski definition) is 4. The van der Waals surface area contributed by atoms with Crippen molar-refractivity contribution in [2.75, 3.05) is 0 Å². The van der Waals surface area contributed by atoms with Crippen LogP contribution in [0.25, 0.3) is 22.5 Å². The van der Waals surface area contributed by atoms with Gasteiger partial charge in [0.2, 0.25) is 0 Å². The second-order valence-electron chi connectivity index (χ2n) is 6.69. The number of phenols is 1. The van der Waals surface area contributed by atoms with Crippen molar-refractivity contribution in [1.82, 2.24) is 15.3 Å². The number of aromatic nitrogens is 2. The molecule has 156 valence electrons. The number of benzene rings is 3. The number of nitrogens with zero attached hydrogens (tertiary/aromatic N) is 3. The van der Waals surface area contributed by atoms with E-state index in [1.165, 1.54) is 0 Å². The van der Waals surface area contributed by atoms with Gasteiger partial charge in [-0.2, -0.15) is 4.99 Å². The highest BCUT2D eigenvalue weighted by Gasteiger charge is 2.09. The van der Waals surface area contributed by atoms with Crippen LogP contribution in [0.15, 0.2) is 96.0 Å². The van der Waals surface area contributed by atoms with Crippen LogP contribution in [0.2, 0.25) is 0 Å². The maximum Gasteiger partial charge on any atom is 0.253 e. The topological polar surface area (TPSA) is 96.4 Å². The third kappa shape index (κ3) is 5.81. The molecule has 1 aromatic heterocycles. The molecular formula is C24H22ClN5O. The Morgan fingerprint density at radius 3 is 1.84 bits per heavy atom. The fourth-order valence-corrected chi connectivity index (χ4v) is 2.95. The quantitative estimate of drug-likeness (QED) is 0.315. The largest absolute Gasteiger partial charge is 0.508 e. The highest BCUT2D eigenvalue weighted by atomic mass is 35.5. The zero-order valence-corrected chi connectivity index (χ0v) is 17.5. The molecular weight excluding hydrogens is 410 g/mol. The summed E-state index contributed by atoms with van der Waals surface area (Å²) in [6.07, 6.45) is 0. The summed E-state index contributed by atoms with van der Waals surface area (Å²) >= 11 is 0. The summed E-state index contributed by atoms with van der Waals surface area (Å²) in [7, 11) is 0. The van der Waals surface area contributed by atoms with Gasteiger partial charge >= 0.3 is 0 Å². The number of nitrogens with two attached hydrogens (primary N) is 1. The van der Waals surface area contributed by atoms with Crippen molar-refractivity contribution in [1.29, 1.82) is 0 Å². The van der Waals surface area contributed by atoms with Gasteiger partial charge in [0.15, 0.2) is 5.96 Å². The third-order valence-electron chi connectivity index (χ3n) is 4.48. The molecule has 0 amide bonds. The molecule has 0 bridgehead atoms. The molecule has 4 N–H and O–H groups in total. The molecule has 0 unspecified atom stereocenters. The lowest BCUT2D eigenvalue weighted by Crippen LogP contribution is -2.30. The van der Waals surface area contributed by atoms with Crippen LogP contribution >= 0.6 is 12.4 Å². The number of halogens is 1. The van der Waals surface area contributed by atoms with Gasteiger partial charge in [0, 0.05) is 17.7 Å². The molecule has 0 atom stereocenters. The van der Waals surface area contributed by atoms with Gasteiger partial charge in [-0.1, -0.05) is 72.8 Å². The Bertz CT molecular complexity index is 1090. The standard InChI is InChI=1S/C24H21N5O.ClH/c25-23(26-16-17-11-13-20(30)14-12-17)29-24-27-21(18-7-3-1-4-8-18)15-22(28-24)19-9-5-2-6-10-19;/h1-15,30H,16H2,(H3,25,26,27,28,29);1H. The Labute approximate surface area is 187 Å². The molecule has 4 aromatic rings. The molecule has 0 saturated heterocycles. The molecule has 3 aromatic carbocycles. The average molecular weight is 432 g/mol. The molecule has 0 aliphatic rings. The van der Waals surface area contributed by atoms with Gasteiger partial charge < -0.3 is 16.2 Å². The first kappa shape index (κ1) is 21.8. The van der Waals surface area contributed by atoms with Crippen LogP contribution in [0.4, 0.5) is 5.95 Å². The summed E-state index contributed by atoms with van der Waals surface area (Å²) in [5.74, 6) is 0.721. The average Bonchev–Trinajstić information content (AvgIpc) is 2.80. The first-order valence-corrected chi connectivity index (χ1v) is 9.53. The minimum atomic E-state index is 0. The van der Waals surface area contributed by atoms with Gasteiger partial charge in [-0.05, 0) is 23.8 Å². The monoisotopic (exact) mass is 431 g/mol. The van der Waals surface area contributed by atoms with Gasteiger partial charge in [0.05, 0.1) is 11.4 Å². The van der Waals surface area contributed by atoms with Crippen molar-refractivity contribution in [2.45, 2.75) is 6.54 Å². The van der Waals surface area contributed by atoms with Crippen LogP contribution in [0.3, 0.4) is 0 Å². The summed E-state index contributed by atoms with van der Waals surface area (Å²) in [5.41, 5.74) is 10.5. The van der Waals surface area contributed by atoms with Crippen molar-refractivity contribution in [3.05, 3.63) is 96.6 Å². The number of guanidine groups is 1. The SMILES string of the molecule is Cl.NC(=Nc1nc(-c2ccccc2)cc(-c2ccccc2)n1)NCc1ccc(O)cc1. The fourth-order valence-electron chi connectivity index (χ4n) is 2.95. The highest BCUT2D eigenvalue weighted by Crippen LogP contribution is 2.25. The van der Waals surface area contributed by atoms with Crippen LogP contribution in [-0.4, -0.2) is 21.0 Å². The van der Waals surface area contributed by atoms with Crippen LogP contribution in [0, 0.1) is 0 Å². The lowest BCUT2D eigenvalue weighted by Gasteiger charge is -2.08. The lowest BCUT2D eigenvalue weighted by atomic mass is 10.1. The van der Waals surface area contributed by atoms with Gasteiger partial charge in [-0.15, -0.1) is 12.4 Å². The molecule has 0 spiro atoms. The van der Waals surface area contributed by atoms with E-state index < -0.39 is 0 Å². The first-order valence-electron chi connectivity index (χ1n) is 9.53. The predicted molar refractivity (Wildman–Crippen MR) is 126 cm³/mol. The van der Waals surface area contributed by atoms with E-state index in [-0.39, 0.29) is 30.1 Å². The molecule has 0 fully saturated rings. The lowest BCUT2D eigenvalue weighted by molar-refractivity contribution is 0.475. The Kier molecular flexibility index (Phi) is 7.19. The molecule has 0 saturated carbocycles. The molecule has 4 rings (SSSR count). The van der Waals surface area contributed by atoms with Crippen LogP contribution in [0.1, 0.15) is 5.56 Å². The Balaban J connectivity index is 0.00000272. The number of phenolic OH excluding ortho intramolecular Hbond substituents is 1. The molecule has 6 nitrogen and oxygen atoms in total.